The zero-order chi connectivity index (χ0) is 13.3. The fourth-order valence-electron chi connectivity index (χ4n) is 1.11. The SMILES string of the molecule is Fc1c(F)c(F)c(/C=N/n2cnnc2)c(F)c1F. The lowest BCUT2D eigenvalue weighted by molar-refractivity contribution is 0.377. The van der Waals surface area contributed by atoms with Crippen LogP contribution >= 0.6 is 0 Å². The van der Waals surface area contributed by atoms with Crippen LogP contribution in [-0.4, -0.2) is 21.1 Å². The molecule has 0 aliphatic heterocycles. The van der Waals surface area contributed by atoms with Gasteiger partial charge < -0.3 is 0 Å². The molecule has 0 fully saturated rings. The first-order valence-corrected chi connectivity index (χ1v) is 4.42. The molecule has 0 bridgehead atoms. The second-order valence-electron chi connectivity index (χ2n) is 3.07. The molecule has 1 aromatic carbocycles. The Morgan fingerprint density at radius 2 is 1.28 bits per heavy atom. The predicted octanol–water partition coefficient (Wildman–Crippen LogP) is 1.86. The van der Waals surface area contributed by atoms with Gasteiger partial charge in [-0.3, -0.25) is 0 Å². The molecule has 2 aromatic rings. The van der Waals surface area contributed by atoms with E-state index in [2.05, 4.69) is 15.3 Å². The second kappa shape index (κ2) is 4.51. The van der Waals surface area contributed by atoms with Gasteiger partial charge in [0.2, 0.25) is 5.82 Å². The zero-order valence-electron chi connectivity index (χ0n) is 8.41. The van der Waals surface area contributed by atoms with E-state index >= 15 is 0 Å². The molecule has 0 amide bonds. The molecule has 0 aliphatic carbocycles. The Hall–Kier alpha value is -2.32. The van der Waals surface area contributed by atoms with Crippen LogP contribution in [0.5, 0.6) is 0 Å². The number of halogens is 5. The van der Waals surface area contributed by atoms with E-state index < -0.39 is 34.6 Å². The fraction of sp³-hybridized carbons (Fsp3) is 0. The molecule has 1 heterocycles. The maximum atomic E-state index is 13.2. The van der Waals surface area contributed by atoms with Crippen molar-refractivity contribution in [3.8, 4) is 0 Å². The molecule has 0 spiro atoms. The van der Waals surface area contributed by atoms with Gasteiger partial charge in [-0.1, -0.05) is 0 Å². The molecule has 94 valence electrons. The molecule has 0 saturated carbocycles. The molecule has 9 heteroatoms. The summed E-state index contributed by atoms with van der Waals surface area (Å²) in [7, 11) is 0. The third-order valence-corrected chi connectivity index (χ3v) is 1.97. The van der Waals surface area contributed by atoms with Gasteiger partial charge in [-0.15, -0.1) is 10.2 Å². The van der Waals surface area contributed by atoms with Crippen molar-refractivity contribution in [1.29, 1.82) is 0 Å². The van der Waals surface area contributed by atoms with Crippen LogP contribution < -0.4 is 0 Å². The Morgan fingerprint density at radius 1 is 0.833 bits per heavy atom. The van der Waals surface area contributed by atoms with Gasteiger partial charge >= 0.3 is 0 Å². The highest BCUT2D eigenvalue weighted by Gasteiger charge is 2.24. The molecular weight excluding hydrogens is 259 g/mol. The molecular formula is C9H3F5N4. The van der Waals surface area contributed by atoms with Crippen LogP contribution in [0, 0.1) is 29.1 Å². The summed E-state index contributed by atoms with van der Waals surface area (Å²) < 4.78 is 65.6. The van der Waals surface area contributed by atoms with Gasteiger partial charge in [-0.25, -0.2) is 26.6 Å². The smallest absolute Gasteiger partial charge is 0.200 e. The second-order valence-corrected chi connectivity index (χ2v) is 3.07. The summed E-state index contributed by atoms with van der Waals surface area (Å²) in [5, 5.41) is 10.1. The van der Waals surface area contributed by atoms with Crippen molar-refractivity contribution in [3.63, 3.8) is 0 Å². The number of benzene rings is 1. The molecule has 0 atom stereocenters. The van der Waals surface area contributed by atoms with Crippen LogP contribution in [0.1, 0.15) is 5.56 Å². The van der Waals surface area contributed by atoms with Crippen LogP contribution in [-0.2, 0) is 0 Å². The van der Waals surface area contributed by atoms with Crippen molar-refractivity contribution in [2.75, 3.05) is 0 Å². The summed E-state index contributed by atoms with van der Waals surface area (Å²) in [6.45, 7) is 0. The van der Waals surface area contributed by atoms with Crippen LogP contribution in [0.3, 0.4) is 0 Å². The van der Waals surface area contributed by atoms with Crippen molar-refractivity contribution in [2.24, 2.45) is 5.10 Å². The van der Waals surface area contributed by atoms with Crippen LogP contribution in [0.2, 0.25) is 0 Å². The fourth-order valence-corrected chi connectivity index (χ4v) is 1.11. The highest BCUT2D eigenvalue weighted by molar-refractivity contribution is 5.80. The first kappa shape index (κ1) is 12.1. The first-order chi connectivity index (χ1) is 8.52. The van der Waals surface area contributed by atoms with Crippen molar-refractivity contribution in [1.82, 2.24) is 14.9 Å². The van der Waals surface area contributed by atoms with Gasteiger partial charge in [-0.05, 0) is 0 Å². The van der Waals surface area contributed by atoms with E-state index in [1.165, 1.54) is 0 Å². The molecule has 0 saturated heterocycles. The van der Waals surface area contributed by atoms with E-state index in [4.69, 9.17) is 0 Å². The average molecular weight is 262 g/mol. The van der Waals surface area contributed by atoms with Crippen LogP contribution in [0.15, 0.2) is 17.8 Å². The highest BCUT2D eigenvalue weighted by atomic mass is 19.2. The zero-order valence-corrected chi connectivity index (χ0v) is 8.41. The first-order valence-electron chi connectivity index (χ1n) is 4.42. The Labute approximate surface area is 96.4 Å². The van der Waals surface area contributed by atoms with Gasteiger partial charge in [0.05, 0.1) is 11.8 Å². The Bertz CT molecular complexity index is 579. The van der Waals surface area contributed by atoms with Crippen molar-refractivity contribution >= 4 is 6.21 Å². The van der Waals surface area contributed by atoms with E-state index in [0.29, 0.717) is 6.21 Å². The van der Waals surface area contributed by atoms with E-state index in [-0.39, 0.29) is 0 Å². The molecule has 0 unspecified atom stereocenters. The third kappa shape index (κ3) is 1.94. The quantitative estimate of drug-likeness (QED) is 0.359. The van der Waals surface area contributed by atoms with Crippen molar-refractivity contribution in [3.05, 3.63) is 47.3 Å². The minimum Gasteiger partial charge on any atom is -0.208 e. The summed E-state index contributed by atoms with van der Waals surface area (Å²) in [5.74, 6) is -10.2. The number of aromatic nitrogens is 3. The van der Waals surface area contributed by atoms with E-state index in [0.717, 1.165) is 17.3 Å². The number of hydrogen-bond acceptors (Lipinski definition) is 3. The summed E-state index contributed by atoms with van der Waals surface area (Å²) in [6.07, 6.45) is 2.63. The normalized spacial score (nSPS) is 11.4. The molecule has 18 heavy (non-hydrogen) atoms. The maximum absolute atomic E-state index is 13.2. The Kier molecular flexibility index (Phi) is 3.04. The Balaban J connectivity index is 2.52. The molecule has 0 N–H and O–H groups in total. The van der Waals surface area contributed by atoms with Crippen LogP contribution in [0.4, 0.5) is 22.0 Å². The van der Waals surface area contributed by atoms with E-state index in [1.807, 2.05) is 0 Å². The van der Waals surface area contributed by atoms with Gasteiger partial charge in [0.25, 0.3) is 0 Å². The minimum atomic E-state index is -2.22. The molecule has 1 aromatic heterocycles. The average Bonchev–Trinajstić information content (AvgIpc) is 2.87. The van der Waals surface area contributed by atoms with Crippen molar-refractivity contribution in [2.45, 2.75) is 0 Å². The monoisotopic (exact) mass is 262 g/mol. The van der Waals surface area contributed by atoms with Gasteiger partial charge in [0, 0.05) is 0 Å². The van der Waals surface area contributed by atoms with Gasteiger partial charge in [0.15, 0.2) is 23.3 Å². The van der Waals surface area contributed by atoms with E-state index in [9.17, 15) is 22.0 Å². The Morgan fingerprint density at radius 3 is 1.78 bits per heavy atom. The van der Waals surface area contributed by atoms with Gasteiger partial charge in [0.1, 0.15) is 12.7 Å². The van der Waals surface area contributed by atoms with Crippen molar-refractivity contribution < 1.29 is 22.0 Å². The number of hydrogen-bond donors (Lipinski definition) is 0. The molecule has 0 radical (unpaired) electrons. The van der Waals surface area contributed by atoms with Crippen LogP contribution in [0.25, 0.3) is 0 Å². The predicted molar refractivity (Wildman–Crippen MR) is 49.2 cm³/mol. The molecule has 2 rings (SSSR count). The summed E-state index contributed by atoms with van der Waals surface area (Å²) in [6, 6.07) is 0. The standard InChI is InChI=1S/C9H3F5N4/c10-5-4(1-17-18-2-15-16-3-18)6(11)8(13)9(14)7(5)12/h1-3H/b17-1+. The lowest BCUT2D eigenvalue weighted by Crippen LogP contribution is -2.07. The topological polar surface area (TPSA) is 43.1 Å². The lowest BCUT2D eigenvalue weighted by Gasteiger charge is -2.03. The molecule has 0 aliphatic rings. The third-order valence-electron chi connectivity index (χ3n) is 1.97. The number of rotatable bonds is 2. The number of nitrogens with zero attached hydrogens (tertiary/aromatic N) is 4. The highest BCUT2D eigenvalue weighted by Crippen LogP contribution is 2.21. The maximum Gasteiger partial charge on any atom is 0.200 e. The van der Waals surface area contributed by atoms with E-state index in [1.54, 1.807) is 0 Å². The summed E-state index contributed by atoms with van der Waals surface area (Å²) in [4.78, 5) is 0. The minimum absolute atomic E-state index is 0.486. The lowest BCUT2D eigenvalue weighted by atomic mass is 10.2. The summed E-state index contributed by atoms with van der Waals surface area (Å²) in [5.41, 5.74) is -1.14. The van der Waals surface area contributed by atoms with Gasteiger partial charge in [-0.2, -0.15) is 5.10 Å². The largest absolute Gasteiger partial charge is 0.208 e. The summed E-state index contributed by atoms with van der Waals surface area (Å²) >= 11 is 0. The molecule has 4 nitrogen and oxygen atoms in total.